The number of ether oxygens (including phenoxy) is 1. The number of ketones is 1. The fraction of sp³-hybridized carbons (Fsp3) is 0.636. The molecule has 0 heterocycles. The van der Waals surface area contributed by atoms with Crippen molar-refractivity contribution in [3.8, 4) is 0 Å². The van der Waals surface area contributed by atoms with E-state index in [1.165, 1.54) is 0 Å². The van der Waals surface area contributed by atoms with Gasteiger partial charge in [-0.05, 0) is 19.8 Å². The highest BCUT2D eigenvalue weighted by Gasteiger charge is 2.25. The summed E-state index contributed by atoms with van der Waals surface area (Å²) < 4.78 is 4.67. The van der Waals surface area contributed by atoms with E-state index in [4.69, 9.17) is 5.11 Å². The molecule has 0 aromatic heterocycles. The monoisotopic (exact) mass is 214 g/mol. The minimum absolute atomic E-state index is 0.187. The second-order valence-electron chi connectivity index (χ2n) is 3.14. The van der Waals surface area contributed by atoms with Crippen molar-refractivity contribution in [2.75, 3.05) is 6.61 Å². The van der Waals surface area contributed by atoms with Crippen molar-refractivity contribution < 1.29 is 19.4 Å². The highest BCUT2D eigenvalue weighted by atomic mass is 16.5. The van der Waals surface area contributed by atoms with Crippen LogP contribution in [0.3, 0.4) is 0 Å². The number of aliphatic hydroxyl groups excluding tert-OH is 1. The first kappa shape index (κ1) is 13.7. The van der Waals surface area contributed by atoms with E-state index < -0.39 is 5.97 Å². The van der Waals surface area contributed by atoms with Gasteiger partial charge < -0.3 is 9.84 Å². The van der Waals surface area contributed by atoms with Crippen LogP contribution >= 0.6 is 0 Å². The lowest BCUT2D eigenvalue weighted by Gasteiger charge is -2.11. The summed E-state index contributed by atoms with van der Waals surface area (Å²) in [5.74, 6) is -1.33. The van der Waals surface area contributed by atoms with E-state index in [2.05, 4.69) is 4.74 Å². The van der Waals surface area contributed by atoms with Gasteiger partial charge in [-0.2, -0.15) is 0 Å². The second-order valence-corrected chi connectivity index (χ2v) is 3.14. The zero-order chi connectivity index (χ0) is 11.8. The topological polar surface area (TPSA) is 63.6 Å². The number of Topliss-reactive ketones (excluding diaryl/α,β-unsaturated/α-hetero) is 1. The number of carbonyl (C=O) groups excluding carboxylic acids is 2. The molecule has 0 aliphatic rings. The zero-order valence-electron chi connectivity index (χ0n) is 9.45. The maximum atomic E-state index is 11.7. The van der Waals surface area contributed by atoms with Crippen LogP contribution in [0.4, 0.5) is 0 Å². The van der Waals surface area contributed by atoms with Crippen LogP contribution in [0.2, 0.25) is 0 Å². The van der Waals surface area contributed by atoms with Crippen molar-refractivity contribution in [1.82, 2.24) is 0 Å². The fourth-order valence-corrected chi connectivity index (χ4v) is 1.31. The number of hydrogen-bond donors (Lipinski definition) is 1. The van der Waals surface area contributed by atoms with E-state index in [0.29, 0.717) is 19.1 Å². The van der Waals surface area contributed by atoms with E-state index in [1.54, 1.807) is 6.92 Å². The van der Waals surface area contributed by atoms with Crippen molar-refractivity contribution in [1.29, 1.82) is 0 Å². The average molecular weight is 214 g/mol. The van der Waals surface area contributed by atoms with Crippen LogP contribution in [0.5, 0.6) is 0 Å². The van der Waals surface area contributed by atoms with E-state index >= 15 is 0 Å². The van der Waals surface area contributed by atoms with Crippen LogP contribution < -0.4 is 0 Å². The molecule has 0 saturated heterocycles. The molecule has 0 bridgehead atoms. The Bertz CT molecular complexity index is 251. The molecule has 0 rings (SSSR count). The molecule has 0 aromatic rings. The average Bonchev–Trinajstić information content (AvgIpc) is 2.21. The van der Waals surface area contributed by atoms with Crippen molar-refractivity contribution in [2.45, 2.75) is 33.6 Å². The quantitative estimate of drug-likeness (QED) is 0.241. The Hall–Kier alpha value is -1.32. The Balaban J connectivity index is 4.69. The summed E-state index contributed by atoms with van der Waals surface area (Å²) >= 11 is 0. The van der Waals surface area contributed by atoms with Crippen LogP contribution in [0.15, 0.2) is 11.8 Å². The Kier molecular flexibility index (Phi) is 6.42. The normalized spacial score (nSPS) is 11.6. The molecule has 0 saturated carbocycles. The molecule has 1 N–H and O–H groups in total. The maximum absolute atomic E-state index is 11.7. The molecular formula is C11H18O4. The van der Waals surface area contributed by atoms with Gasteiger partial charge in [-0.3, -0.25) is 4.79 Å². The van der Waals surface area contributed by atoms with E-state index in [9.17, 15) is 9.59 Å². The van der Waals surface area contributed by atoms with Crippen LogP contribution in [0, 0.1) is 5.92 Å². The minimum atomic E-state index is -0.753. The predicted octanol–water partition coefficient (Wildman–Crippen LogP) is 2.00. The summed E-state index contributed by atoms with van der Waals surface area (Å²) in [5, 5.41) is 8.85. The Labute approximate surface area is 89.9 Å². The highest BCUT2D eigenvalue weighted by molar-refractivity contribution is 6.17. The molecule has 0 unspecified atom stereocenters. The van der Waals surface area contributed by atoms with Gasteiger partial charge in [0, 0.05) is 5.92 Å². The van der Waals surface area contributed by atoms with Gasteiger partial charge in [-0.25, -0.2) is 4.79 Å². The van der Waals surface area contributed by atoms with Crippen LogP contribution in [0.1, 0.15) is 33.6 Å². The first-order valence-electron chi connectivity index (χ1n) is 5.17. The second kappa shape index (κ2) is 7.04. The van der Waals surface area contributed by atoms with Crippen LogP contribution in [-0.2, 0) is 14.3 Å². The molecule has 4 nitrogen and oxygen atoms in total. The molecule has 4 heteroatoms. The predicted molar refractivity (Wildman–Crippen MR) is 56.4 cm³/mol. The summed E-state index contributed by atoms with van der Waals surface area (Å²) in [7, 11) is 0. The molecule has 0 spiro atoms. The van der Waals surface area contributed by atoms with Gasteiger partial charge in [0.2, 0.25) is 0 Å². The van der Waals surface area contributed by atoms with Crippen LogP contribution in [-0.4, -0.2) is 23.5 Å². The first-order valence-corrected chi connectivity index (χ1v) is 5.17. The number of esters is 1. The maximum Gasteiger partial charge on any atom is 0.344 e. The molecule has 15 heavy (non-hydrogen) atoms. The van der Waals surface area contributed by atoms with Crippen molar-refractivity contribution >= 4 is 11.8 Å². The van der Waals surface area contributed by atoms with Crippen molar-refractivity contribution in [3.63, 3.8) is 0 Å². The first-order chi connectivity index (χ1) is 7.12. The van der Waals surface area contributed by atoms with Gasteiger partial charge in [0.25, 0.3) is 0 Å². The Morgan fingerprint density at radius 2 is 1.80 bits per heavy atom. The number of rotatable bonds is 6. The zero-order valence-corrected chi connectivity index (χ0v) is 9.45. The summed E-state index contributed by atoms with van der Waals surface area (Å²) in [6, 6.07) is 0. The van der Waals surface area contributed by atoms with Gasteiger partial charge in [0.05, 0.1) is 12.9 Å². The largest absolute Gasteiger partial charge is 0.515 e. The minimum Gasteiger partial charge on any atom is -0.515 e. The summed E-state index contributed by atoms with van der Waals surface area (Å²) in [6.07, 6.45) is 1.83. The smallest absolute Gasteiger partial charge is 0.344 e. The Morgan fingerprint density at radius 3 is 2.13 bits per heavy atom. The van der Waals surface area contributed by atoms with Gasteiger partial charge in [-0.1, -0.05) is 13.8 Å². The molecule has 0 radical (unpaired) electrons. The van der Waals surface area contributed by atoms with Crippen molar-refractivity contribution in [3.05, 3.63) is 11.8 Å². The van der Waals surface area contributed by atoms with Crippen LogP contribution in [0.25, 0.3) is 0 Å². The third-order valence-corrected chi connectivity index (χ3v) is 2.25. The SMILES string of the molecule is CCOC(=O)C(=CO)C(=O)C(CC)CC. The summed E-state index contributed by atoms with van der Waals surface area (Å²) in [6.45, 7) is 5.57. The molecular weight excluding hydrogens is 196 g/mol. The molecule has 0 atom stereocenters. The van der Waals surface area contributed by atoms with Gasteiger partial charge in [0.1, 0.15) is 5.57 Å². The highest BCUT2D eigenvalue weighted by Crippen LogP contribution is 2.15. The summed E-state index contributed by atoms with van der Waals surface area (Å²) in [4.78, 5) is 23.0. The molecule has 0 aromatic carbocycles. The number of aliphatic hydroxyl groups is 1. The molecule has 0 amide bonds. The molecule has 0 aliphatic carbocycles. The Morgan fingerprint density at radius 1 is 1.27 bits per heavy atom. The third kappa shape index (κ3) is 3.73. The summed E-state index contributed by atoms with van der Waals surface area (Å²) in [5.41, 5.74) is -0.259. The van der Waals surface area contributed by atoms with Crippen molar-refractivity contribution in [2.24, 2.45) is 5.92 Å². The standard InChI is InChI=1S/C11H18O4/c1-4-8(5-2)10(13)9(7-12)11(14)15-6-3/h7-8,12H,4-6H2,1-3H3. The van der Waals surface area contributed by atoms with E-state index in [1.807, 2.05) is 13.8 Å². The van der Waals surface area contributed by atoms with E-state index in [0.717, 1.165) is 0 Å². The van der Waals surface area contributed by atoms with Gasteiger partial charge in [0.15, 0.2) is 5.78 Å². The lowest BCUT2D eigenvalue weighted by atomic mass is 9.93. The fourth-order valence-electron chi connectivity index (χ4n) is 1.31. The molecule has 0 fully saturated rings. The lowest BCUT2D eigenvalue weighted by molar-refractivity contribution is -0.140. The molecule has 86 valence electrons. The number of hydrogen-bond acceptors (Lipinski definition) is 4. The number of carbonyl (C=O) groups is 2. The molecule has 0 aliphatic heterocycles. The van der Waals surface area contributed by atoms with Gasteiger partial charge >= 0.3 is 5.97 Å². The third-order valence-electron chi connectivity index (χ3n) is 2.25. The lowest BCUT2D eigenvalue weighted by Crippen LogP contribution is -2.22. The van der Waals surface area contributed by atoms with Gasteiger partial charge in [-0.15, -0.1) is 0 Å². The van der Waals surface area contributed by atoms with E-state index in [-0.39, 0.29) is 23.9 Å².